The van der Waals surface area contributed by atoms with E-state index in [1.54, 1.807) is 11.8 Å². The highest BCUT2D eigenvalue weighted by Crippen LogP contribution is 2.23. The largest absolute Gasteiger partial charge is 0.378 e. The monoisotopic (exact) mass is 328 g/mol. The number of morpholine rings is 1. The van der Waals surface area contributed by atoms with Crippen LogP contribution in [0.4, 0.5) is 5.95 Å². The summed E-state index contributed by atoms with van der Waals surface area (Å²) in [7, 11) is 0. The first kappa shape index (κ1) is 15.9. The molecular formula is C17H20N4OS. The van der Waals surface area contributed by atoms with Crippen molar-refractivity contribution in [3.63, 3.8) is 0 Å². The Kier molecular flexibility index (Phi) is 5.56. The van der Waals surface area contributed by atoms with Gasteiger partial charge in [0.05, 0.1) is 25.5 Å². The van der Waals surface area contributed by atoms with E-state index in [0.29, 0.717) is 0 Å². The molecule has 1 saturated heterocycles. The number of hydrogen-bond acceptors (Lipinski definition) is 5. The molecule has 6 heteroatoms. The standard InChI is InChI=1S/C17H20N4OS/c1-2-3-13-23-17-19-18-16(20-9-11-22-12-10-20)21(17)14-15-7-5-4-6-8-15/h4-8H,9-14H2,1H3. The van der Waals surface area contributed by atoms with Gasteiger partial charge in [-0.15, -0.1) is 16.1 Å². The van der Waals surface area contributed by atoms with Crippen molar-refractivity contribution in [1.82, 2.24) is 14.8 Å². The second-order valence-electron chi connectivity index (χ2n) is 5.17. The number of benzene rings is 1. The highest BCUT2D eigenvalue weighted by atomic mass is 32.2. The van der Waals surface area contributed by atoms with Gasteiger partial charge in [-0.05, 0) is 12.5 Å². The third kappa shape index (κ3) is 4.06. The zero-order valence-corrected chi connectivity index (χ0v) is 14.1. The van der Waals surface area contributed by atoms with Crippen molar-refractivity contribution in [1.29, 1.82) is 0 Å². The molecule has 0 unspecified atom stereocenters. The molecule has 0 bridgehead atoms. The highest BCUT2D eigenvalue weighted by molar-refractivity contribution is 7.99. The van der Waals surface area contributed by atoms with Crippen LogP contribution in [-0.4, -0.2) is 46.8 Å². The maximum Gasteiger partial charge on any atom is 0.228 e. The molecule has 0 atom stereocenters. The lowest BCUT2D eigenvalue weighted by atomic mass is 10.2. The van der Waals surface area contributed by atoms with Crippen LogP contribution in [-0.2, 0) is 11.3 Å². The minimum absolute atomic E-state index is 0.729. The normalized spacial score (nSPS) is 14.4. The molecule has 1 aromatic carbocycles. The third-order valence-corrected chi connectivity index (χ3v) is 4.47. The summed E-state index contributed by atoms with van der Waals surface area (Å²) in [4.78, 5) is 2.25. The molecule has 0 saturated carbocycles. The predicted octanol–water partition coefficient (Wildman–Crippen LogP) is 2.28. The molecule has 23 heavy (non-hydrogen) atoms. The first-order chi connectivity index (χ1) is 11.4. The third-order valence-electron chi connectivity index (χ3n) is 3.62. The van der Waals surface area contributed by atoms with Crippen molar-refractivity contribution < 1.29 is 4.74 Å². The van der Waals surface area contributed by atoms with Gasteiger partial charge in [-0.2, -0.15) is 0 Å². The van der Waals surface area contributed by atoms with Crippen LogP contribution in [0.2, 0.25) is 0 Å². The molecule has 1 fully saturated rings. The lowest BCUT2D eigenvalue weighted by Crippen LogP contribution is -2.38. The average molecular weight is 328 g/mol. The molecule has 1 aliphatic heterocycles. The first-order valence-corrected chi connectivity index (χ1v) is 8.69. The maximum absolute atomic E-state index is 5.44. The summed E-state index contributed by atoms with van der Waals surface area (Å²) in [5.74, 6) is 7.65. The van der Waals surface area contributed by atoms with Crippen LogP contribution >= 0.6 is 11.8 Å². The maximum atomic E-state index is 5.44. The van der Waals surface area contributed by atoms with E-state index in [2.05, 4.69) is 55.8 Å². The van der Waals surface area contributed by atoms with Gasteiger partial charge >= 0.3 is 0 Å². The van der Waals surface area contributed by atoms with Crippen LogP contribution in [0.15, 0.2) is 35.5 Å². The number of ether oxygens (including phenoxy) is 1. The van der Waals surface area contributed by atoms with Crippen LogP contribution in [0.1, 0.15) is 12.5 Å². The fourth-order valence-electron chi connectivity index (χ4n) is 2.46. The van der Waals surface area contributed by atoms with E-state index in [9.17, 15) is 0 Å². The summed E-state index contributed by atoms with van der Waals surface area (Å²) in [5, 5.41) is 9.73. The number of rotatable bonds is 5. The Morgan fingerprint density at radius 2 is 1.96 bits per heavy atom. The van der Waals surface area contributed by atoms with Crippen molar-refractivity contribution in [3.8, 4) is 11.8 Å². The predicted molar refractivity (Wildman–Crippen MR) is 92.8 cm³/mol. The van der Waals surface area contributed by atoms with Gasteiger partial charge in [-0.1, -0.05) is 48.0 Å². The van der Waals surface area contributed by atoms with Gasteiger partial charge in [-0.3, -0.25) is 4.57 Å². The molecule has 2 aromatic rings. The molecule has 0 N–H and O–H groups in total. The molecule has 1 aromatic heterocycles. The van der Waals surface area contributed by atoms with Crippen LogP contribution in [0, 0.1) is 11.8 Å². The molecule has 0 spiro atoms. The Morgan fingerprint density at radius 1 is 1.17 bits per heavy atom. The van der Waals surface area contributed by atoms with Crippen molar-refractivity contribution in [2.24, 2.45) is 0 Å². The number of nitrogens with zero attached hydrogens (tertiary/aromatic N) is 4. The van der Waals surface area contributed by atoms with Gasteiger partial charge in [0.15, 0.2) is 5.16 Å². The summed E-state index contributed by atoms with van der Waals surface area (Å²) in [6.07, 6.45) is 0. The average Bonchev–Trinajstić information content (AvgIpc) is 3.00. The quantitative estimate of drug-likeness (QED) is 0.622. The van der Waals surface area contributed by atoms with Crippen LogP contribution in [0.5, 0.6) is 0 Å². The molecular weight excluding hydrogens is 308 g/mol. The van der Waals surface area contributed by atoms with Gasteiger partial charge in [0.25, 0.3) is 0 Å². The van der Waals surface area contributed by atoms with Crippen molar-refractivity contribution in [3.05, 3.63) is 35.9 Å². The van der Waals surface area contributed by atoms with E-state index in [1.807, 2.05) is 13.0 Å². The van der Waals surface area contributed by atoms with Gasteiger partial charge in [0.1, 0.15) is 0 Å². The van der Waals surface area contributed by atoms with E-state index in [-0.39, 0.29) is 0 Å². The zero-order valence-electron chi connectivity index (χ0n) is 13.2. The Labute approximate surface area is 141 Å². The Morgan fingerprint density at radius 3 is 2.70 bits per heavy atom. The molecule has 1 aliphatic rings. The summed E-state index contributed by atoms with van der Waals surface area (Å²) in [5.41, 5.74) is 1.24. The van der Waals surface area contributed by atoms with Crippen molar-refractivity contribution in [2.45, 2.75) is 18.6 Å². The molecule has 5 nitrogen and oxygen atoms in total. The summed E-state index contributed by atoms with van der Waals surface area (Å²) >= 11 is 1.63. The minimum atomic E-state index is 0.729. The van der Waals surface area contributed by atoms with Gasteiger partial charge < -0.3 is 9.64 Å². The van der Waals surface area contributed by atoms with E-state index < -0.39 is 0 Å². The Balaban J connectivity index is 1.86. The molecule has 0 amide bonds. The number of anilines is 1. The van der Waals surface area contributed by atoms with Crippen molar-refractivity contribution in [2.75, 3.05) is 37.0 Å². The summed E-state index contributed by atoms with van der Waals surface area (Å²) in [6, 6.07) is 10.4. The van der Waals surface area contributed by atoms with Crippen LogP contribution in [0.3, 0.4) is 0 Å². The van der Waals surface area contributed by atoms with E-state index >= 15 is 0 Å². The van der Waals surface area contributed by atoms with E-state index in [4.69, 9.17) is 4.74 Å². The number of thioether (sulfide) groups is 1. The van der Waals surface area contributed by atoms with Gasteiger partial charge in [0, 0.05) is 13.1 Å². The van der Waals surface area contributed by atoms with Gasteiger partial charge in [0.2, 0.25) is 5.95 Å². The Bertz CT molecular complexity index is 684. The second kappa shape index (κ2) is 8.04. The first-order valence-electron chi connectivity index (χ1n) is 7.70. The van der Waals surface area contributed by atoms with Crippen LogP contribution in [0.25, 0.3) is 0 Å². The highest BCUT2D eigenvalue weighted by Gasteiger charge is 2.20. The van der Waals surface area contributed by atoms with E-state index in [0.717, 1.165) is 49.7 Å². The molecule has 2 heterocycles. The fraction of sp³-hybridized carbons (Fsp3) is 0.412. The molecule has 3 rings (SSSR count). The van der Waals surface area contributed by atoms with Gasteiger partial charge in [-0.25, -0.2) is 0 Å². The minimum Gasteiger partial charge on any atom is -0.378 e. The number of aromatic nitrogens is 3. The molecule has 120 valence electrons. The summed E-state index contributed by atoms with van der Waals surface area (Å²) < 4.78 is 7.63. The van der Waals surface area contributed by atoms with Crippen molar-refractivity contribution >= 4 is 17.7 Å². The van der Waals surface area contributed by atoms with E-state index in [1.165, 1.54) is 5.56 Å². The fourth-order valence-corrected chi connectivity index (χ4v) is 3.21. The smallest absolute Gasteiger partial charge is 0.228 e. The SMILES string of the molecule is CC#CCSc1nnc(N2CCOCC2)n1Cc1ccccc1. The summed E-state index contributed by atoms with van der Waals surface area (Å²) in [6.45, 7) is 5.81. The topological polar surface area (TPSA) is 43.2 Å². The molecule has 0 aliphatic carbocycles. The molecule has 0 radical (unpaired) electrons. The Hall–Kier alpha value is -1.97. The lowest BCUT2D eigenvalue weighted by molar-refractivity contribution is 0.121. The van der Waals surface area contributed by atoms with Crippen LogP contribution < -0.4 is 4.90 Å². The second-order valence-corrected chi connectivity index (χ2v) is 6.11. The lowest BCUT2D eigenvalue weighted by Gasteiger charge is -2.28. The zero-order chi connectivity index (χ0) is 15.9. The number of hydrogen-bond donors (Lipinski definition) is 0.